The second-order valence-electron chi connectivity index (χ2n) is 6.49. The molecule has 0 aliphatic heterocycles. The Hall–Kier alpha value is -1.29. The molecule has 3 nitrogen and oxygen atoms in total. The SMILES string of the molecule is CCc1nc2sc(NC)c(N)c2c2c1CCC(C)(C)C2. The van der Waals surface area contributed by atoms with Crippen molar-refractivity contribution < 1.29 is 0 Å². The van der Waals surface area contributed by atoms with Gasteiger partial charge < -0.3 is 11.1 Å². The van der Waals surface area contributed by atoms with Crippen molar-refractivity contribution >= 4 is 32.2 Å². The summed E-state index contributed by atoms with van der Waals surface area (Å²) < 4.78 is 0. The minimum Gasteiger partial charge on any atom is -0.396 e. The number of nitrogen functional groups attached to an aromatic ring is 1. The third-order valence-electron chi connectivity index (χ3n) is 4.45. The molecule has 0 atom stereocenters. The summed E-state index contributed by atoms with van der Waals surface area (Å²) in [5.41, 5.74) is 11.8. The van der Waals surface area contributed by atoms with Crippen molar-refractivity contribution in [3.63, 3.8) is 0 Å². The number of nitrogens with zero attached hydrogens (tertiary/aromatic N) is 1. The van der Waals surface area contributed by atoms with Gasteiger partial charge in [0.05, 0.1) is 5.69 Å². The van der Waals surface area contributed by atoms with Gasteiger partial charge in [0.1, 0.15) is 9.83 Å². The van der Waals surface area contributed by atoms with Crippen molar-refractivity contribution in [3.05, 3.63) is 16.8 Å². The molecule has 2 aromatic rings. The summed E-state index contributed by atoms with van der Waals surface area (Å²) in [5, 5.41) is 5.46. The van der Waals surface area contributed by atoms with E-state index in [-0.39, 0.29) is 0 Å². The largest absolute Gasteiger partial charge is 0.396 e. The highest BCUT2D eigenvalue weighted by Gasteiger charge is 2.30. The lowest BCUT2D eigenvalue weighted by Crippen LogP contribution is -2.24. The van der Waals surface area contributed by atoms with E-state index in [0.29, 0.717) is 5.41 Å². The summed E-state index contributed by atoms with van der Waals surface area (Å²) in [6.45, 7) is 6.91. The zero-order chi connectivity index (χ0) is 14.5. The maximum atomic E-state index is 6.36. The molecule has 0 fully saturated rings. The van der Waals surface area contributed by atoms with Gasteiger partial charge in [-0.15, -0.1) is 0 Å². The predicted molar refractivity (Wildman–Crippen MR) is 88.8 cm³/mol. The van der Waals surface area contributed by atoms with Crippen LogP contribution in [0.3, 0.4) is 0 Å². The first kappa shape index (κ1) is 13.7. The molecule has 3 rings (SSSR count). The summed E-state index contributed by atoms with van der Waals surface area (Å²) >= 11 is 1.68. The lowest BCUT2D eigenvalue weighted by molar-refractivity contribution is 0.316. The first-order valence-electron chi connectivity index (χ1n) is 7.37. The van der Waals surface area contributed by atoms with Crippen LogP contribution in [0.2, 0.25) is 0 Å². The van der Waals surface area contributed by atoms with Gasteiger partial charge in [0.2, 0.25) is 0 Å². The minimum atomic E-state index is 0.362. The number of hydrogen-bond acceptors (Lipinski definition) is 4. The number of aryl methyl sites for hydroxylation is 1. The zero-order valence-corrected chi connectivity index (χ0v) is 13.6. The first-order chi connectivity index (χ1) is 9.46. The Balaban J connectivity index is 2.33. The summed E-state index contributed by atoms with van der Waals surface area (Å²) in [6, 6.07) is 0. The molecule has 108 valence electrons. The van der Waals surface area contributed by atoms with Crippen LogP contribution in [0.1, 0.15) is 44.0 Å². The van der Waals surface area contributed by atoms with Crippen molar-refractivity contribution in [3.8, 4) is 0 Å². The summed E-state index contributed by atoms with van der Waals surface area (Å²) in [7, 11) is 1.93. The molecule has 1 aliphatic rings. The first-order valence-corrected chi connectivity index (χ1v) is 8.19. The average Bonchev–Trinajstić information content (AvgIpc) is 2.73. The third-order valence-corrected chi connectivity index (χ3v) is 5.56. The molecule has 2 heterocycles. The molecule has 0 spiro atoms. The van der Waals surface area contributed by atoms with E-state index in [1.165, 1.54) is 28.6 Å². The van der Waals surface area contributed by atoms with E-state index in [1.807, 2.05) is 7.05 Å². The lowest BCUT2D eigenvalue weighted by atomic mass is 9.73. The van der Waals surface area contributed by atoms with E-state index in [2.05, 4.69) is 26.1 Å². The second kappa shape index (κ2) is 4.62. The van der Waals surface area contributed by atoms with Crippen LogP contribution in [0.15, 0.2) is 0 Å². The van der Waals surface area contributed by atoms with E-state index < -0.39 is 0 Å². The molecular formula is C16H23N3S. The third kappa shape index (κ3) is 1.97. The number of hydrogen-bond donors (Lipinski definition) is 2. The number of pyridine rings is 1. The number of nitrogens with two attached hydrogens (primary N) is 1. The molecule has 0 aromatic carbocycles. The van der Waals surface area contributed by atoms with Crippen LogP contribution in [-0.2, 0) is 19.3 Å². The van der Waals surface area contributed by atoms with Crippen molar-refractivity contribution in [2.24, 2.45) is 5.41 Å². The number of aromatic nitrogens is 1. The molecule has 0 saturated carbocycles. The Morgan fingerprint density at radius 2 is 2.10 bits per heavy atom. The Morgan fingerprint density at radius 3 is 2.75 bits per heavy atom. The average molecular weight is 289 g/mol. The monoisotopic (exact) mass is 289 g/mol. The second-order valence-corrected chi connectivity index (χ2v) is 7.48. The molecular weight excluding hydrogens is 266 g/mol. The van der Waals surface area contributed by atoms with Gasteiger partial charge in [-0.25, -0.2) is 4.98 Å². The topological polar surface area (TPSA) is 50.9 Å². The van der Waals surface area contributed by atoms with Crippen LogP contribution in [0.5, 0.6) is 0 Å². The standard InChI is InChI=1S/C16H23N3S/c1-5-11-9-6-7-16(2,3)8-10(9)12-13(17)15(18-4)20-14(12)19-11/h18H,5-8,17H2,1-4H3. The highest BCUT2D eigenvalue weighted by molar-refractivity contribution is 7.23. The van der Waals surface area contributed by atoms with E-state index in [9.17, 15) is 0 Å². The number of anilines is 2. The van der Waals surface area contributed by atoms with Crippen LogP contribution in [0.25, 0.3) is 10.2 Å². The Morgan fingerprint density at radius 1 is 1.35 bits per heavy atom. The zero-order valence-electron chi connectivity index (χ0n) is 12.8. The fourth-order valence-electron chi connectivity index (χ4n) is 3.32. The lowest BCUT2D eigenvalue weighted by Gasteiger charge is -2.32. The predicted octanol–water partition coefficient (Wildman–Crippen LogP) is 4.00. The highest BCUT2D eigenvalue weighted by atomic mass is 32.1. The highest BCUT2D eigenvalue weighted by Crippen LogP contribution is 2.45. The molecule has 0 unspecified atom stereocenters. The number of thiophene rings is 1. The van der Waals surface area contributed by atoms with Crippen LogP contribution in [0, 0.1) is 5.41 Å². The molecule has 1 aliphatic carbocycles. The molecule has 0 amide bonds. The molecule has 0 radical (unpaired) electrons. The van der Waals surface area contributed by atoms with Gasteiger partial charge >= 0.3 is 0 Å². The molecule has 0 saturated heterocycles. The van der Waals surface area contributed by atoms with Crippen LogP contribution in [0.4, 0.5) is 10.7 Å². The fourth-order valence-corrected chi connectivity index (χ4v) is 4.31. The van der Waals surface area contributed by atoms with Crippen LogP contribution < -0.4 is 11.1 Å². The Kier molecular flexibility index (Phi) is 3.16. The van der Waals surface area contributed by atoms with Gasteiger partial charge in [0.25, 0.3) is 0 Å². The summed E-state index contributed by atoms with van der Waals surface area (Å²) in [6.07, 6.45) is 4.49. The normalized spacial score (nSPS) is 17.2. The number of fused-ring (bicyclic) bond motifs is 3. The number of nitrogens with one attached hydrogen (secondary N) is 1. The van der Waals surface area contributed by atoms with E-state index >= 15 is 0 Å². The van der Waals surface area contributed by atoms with Gasteiger partial charge in [-0.1, -0.05) is 32.1 Å². The summed E-state index contributed by atoms with van der Waals surface area (Å²) in [5.74, 6) is 0. The van der Waals surface area contributed by atoms with Gasteiger partial charge in [-0.05, 0) is 42.2 Å². The Labute approximate surface area is 124 Å². The molecule has 0 bridgehead atoms. The molecule has 3 N–H and O–H groups in total. The quantitative estimate of drug-likeness (QED) is 0.878. The Bertz CT molecular complexity index is 670. The van der Waals surface area contributed by atoms with Crippen molar-refractivity contribution in [1.82, 2.24) is 4.98 Å². The smallest absolute Gasteiger partial charge is 0.127 e. The van der Waals surface area contributed by atoms with Crippen LogP contribution in [-0.4, -0.2) is 12.0 Å². The molecule has 20 heavy (non-hydrogen) atoms. The number of rotatable bonds is 2. The van der Waals surface area contributed by atoms with Gasteiger partial charge in [-0.3, -0.25) is 0 Å². The van der Waals surface area contributed by atoms with E-state index in [1.54, 1.807) is 11.3 Å². The fraction of sp³-hybridized carbons (Fsp3) is 0.562. The van der Waals surface area contributed by atoms with Crippen molar-refractivity contribution in [2.75, 3.05) is 18.1 Å². The van der Waals surface area contributed by atoms with Gasteiger partial charge in [0, 0.05) is 18.1 Å². The van der Waals surface area contributed by atoms with Crippen LogP contribution >= 0.6 is 11.3 Å². The molecule has 4 heteroatoms. The van der Waals surface area contributed by atoms with Crippen molar-refractivity contribution in [1.29, 1.82) is 0 Å². The maximum Gasteiger partial charge on any atom is 0.127 e. The van der Waals surface area contributed by atoms with E-state index in [0.717, 1.165) is 34.8 Å². The minimum absolute atomic E-state index is 0.362. The van der Waals surface area contributed by atoms with Crippen molar-refractivity contribution in [2.45, 2.75) is 46.5 Å². The summed E-state index contributed by atoms with van der Waals surface area (Å²) in [4.78, 5) is 5.98. The van der Waals surface area contributed by atoms with Gasteiger partial charge in [0.15, 0.2) is 0 Å². The molecule has 2 aromatic heterocycles. The van der Waals surface area contributed by atoms with Gasteiger partial charge in [-0.2, -0.15) is 0 Å². The maximum absolute atomic E-state index is 6.36. The van der Waals surface area contributed by atoms with E-state index in [4.69, 9.17) is 10.7 Å².